The van der Waals surface area contributed by atoms with Gasteiger partial charge in [-0.05, 0) is 31.5 Å². The minimum atomic E-state index is -3.65. The van der Waals surface area contributed by atoms with E-state index in [9.17, 15) is 13.2 Å². The molecule has 0 heterocycles. The number of hydrogen-bond donors (Lipinski definition) is 1. The van der Waals surface area contributed by atoms with Gasteiger partial charge in [0.05, 0.1) is 11.9 Å². The van der Waals surface area contributed by atoms with E-state index in [1.807, 2.05) is 20.8 Å². The molecule has 0 spiro atoms. The van der Waals surface area contributed by atoms with E-state index in [2.05, 4.69) is 10.5 Å². The summed E-state index contributed by atoms with van der Waals surface area (Å²) in [6.45, 7) is 9.09. The van der Waals surface area contributed by atoms with Gasteiger partial charge in [-0.2, -0.15) is 5.10 Å². The number of anilines is 1. The van der Waals surface area contributed by atoms with E-state index in [1.54, 1.807) is 26.0 Å². The summed E-state index contributed by atoms with van der Waals surface area (Å²) in [4.78, 5) is 12.1. The van der Waals surface area contributed by atoms with Crippen LogP contribution in [0.25, 0.3) is 0 Å². The lowest BCUT2D eigenvalue weighted by Gasteiger charge is -2.23. The van der Waals surface area contributed by atoms with Gasteiger partial charge in [0.1, 0.15) is 6.54 Å². The zero-order valence-corrected chi connectivity index (χ0v) is 16.4. The maximum atomic E-state index is 12.1. The fourth-order valence-electron chi connectivity index (χ4n) is 1.71. The standard InChI is InChI=1S/C16H24ClN3O3S/c1-11-7-8-13(17)9-14(11)20(24(6,22)23)10-15(21)19-18-12(2)16(3,4)5/h7-9H,10H2,1-6H3,(H,19,21)/b18-12-. The molecule has 6 nitrogen and oxygen atoms in total. The number of nitrogens with one attached hydrogen (secondary N) is 1. The number of hydrazone groups is 1. The van der Waals surface area contributed by atoms with E-state index in [0.29, 0.717) is 16.3 Å². The van der Waals surface area contributed by atoms with E-state index in [0.717, 1.165) is 16.3 Å². The van der Waals surface area contributed by atoms with Crippen LogP contribution < -0.4 is 9.73 Å². The number of halogens is 1. The summed E-state index contributed by atoms with van der Waals surface area (Å²) < 4.78 is 25.2. The van der Waals surface area contributed by atoms with Gasteiger partial charge >= 0.3 is 0 Å². The van der Waals surface area contributed by atoms with Crippen LogP contribution in [0.2, 0.25) is 5.02 Å². The van der Waals surface area contributed by atoms with Crippen LogP contribution >= 0.6 is 11.6 Å². The molecule has 1 aromatic carbocycles. The molecule has 134 valence electrons. The van der Waals surface area contributed by atoms with Gasteiger partial charge in [-0.15, -0.1) is 0 Å². The summed E-state index contributed by atoms with van der Waals surface area (Å²) >= 11 is 5.96. The van der Waals surface area contributed by atoms with Gasteiger partial charge in [0.2, 0.25) is 10.0 Å². The normalized spacial score (nSPS) is 12.9. The predicted octanol–water partition coefficient (Wildman–Crippen LogP) is 2.95. The Kier molecular flexibility index (Phi) is 6.41. The molecule has 0 saturated heterocycles. The average Bonchev–Trinajstić information content (AvgIpc) is 2.42. The monoisotopic (exact) mass is 373 g/mol. The second-order valence-corrected chi connectivity index (χ2v) is 9.03. The summed E-state index contributed by atoms with van der Waals surface area (Å²) in [5, 5.41) is 4.43. The number of benzene rings is 1. The van der Waals surface area contributed by atoms with Crippen molar-refractivity contribution in [1.82, 2.24) is 5.43 Å². The van der Waals surface area contributed by atoms with Crippen molar-refractivity contribution in [3.05, 3.63) is 28.8 Å². The maximum absolute atomic E-state index is 12.1. The lowest BCUT2D eigenvalue weighted by atomic mass is 9.91. The van der Waals surface area contributed by atoms with Crippen LogP contribution in [0.15, 0.2) is 23.3 Å². The Morgan fingerprint density at radius 2 is 1.92 bits per heavy atom. The third-order valence-electron chi connectivity index (χ3n) is 3.56. The molecular weight excluding hydrogens is 350 g/mol. The van der Waals surface area contributed by atoms with Crippen molar-refractivity contribution in [2.75, 3.05) is 17.1 Å². The lowest BCUT2D eigenvalue weighted by Crippen LogP contribution is -2.39. The van der Waals surface area contributed by atoms with E-state index in [4.69, 9.17) is 11.6 Å². The Hall–Kier alpha value is -1.60. The molecule has 0 radical (unpaired) electrons. The molecule has 0 atom stereocenters. The van der Waals surface area contributed by atoms with Crippen molar-refractivity contribution >= 4 is 38.9 Å². The Balaban J connectivity index is 3.05. The van der Waals surface area contributed by atoms with Crippen LogP contribution in [0.4, 0.5) is 5.69 Å². The number of aryl methyl sites for hydroxylation is 1. The number of sulfonamides is 1. The third-order valence-corrected chi connectivity index (χ3v) is 4.92. The maximum Gasteiger partial charge on any atom is 0.260 e. The van der Waals surface area contributed by atoms with Crippen LogP contribution in [-0.4, -0.2) is 32.8 Å². The molecule has 8 heteroatoms. The van der Waals surface area contributed by atoms with Crippen LogP contribution in [-0.2, 0) is 14.8 Å². The Labute approximate surface area is 148 Å². The highest BCUT2D eigenvalue weighted by atomic mass is 35.5. The summed E-state index contributed by atoms with van der Waals surface area (Å²) in [5.74, 6) is -0.525. The minimum Gasteiger partial charge on any atom is -0.271 e. The van der Waals surface area contributed by atoms with Crippen molar-refractivity contribution in [1.29, 1.82) is 0 Å². The third kappa shape index (κ3) is 5.79. The number of hydrogen-bond acceptors (Lipinski definition) is 4. The first-order valence-corrected chi connectivity index (χ1v) is 9.62. The second-order valence-electron chi connectivity index (χ2n) is 6.68. The van der Waals surface area contributed by atoms with E-state index < -0.39 is 15.9 Å². The van der Waals surface area contributed by atoms with Crippen LogP contribution in [0, 0.1) is 12.3 Å². The molecule has 1 rings (SSSR count). The first kappa shape index (κ1) is 20.4. The zero-order chi connectivity index (χ0) is 18.7. The van der Waals surface area contributed by atoms with Gasteiger partial charge in [0, 0.05) is 16.1 Å². The fraction of sp³-hybridized carbons (Fsp3) is 0.500. The van der Waals surface area contributed by atoms with Gasteiger partial charge in [0.15, 0.2) is 0 Å². The Morgan fingerprint density at radius 1 is 1.33 bits per heavy atom. The van der Waals surface area contributed by atoms with Crippen molar-refractivity contribution in [2.24, 2.45) is 10.5 Å². The summed E-state index contributed by atoms with van der Waals surface area (Å²) in [6.07, 6.45) is 1.05. The first-order valence-electron chi connectivity index (χ1n) is 7.40. The molecule has 0 aliphatic carbocycles. The number of carbonyl (C=O) groups excluding carboxylic acids is 1. The van der Waals surface area contributed by atoms with E-state index >= 15 is 0 Å². The van der Waals surface area contributed by atoms with Crippen LogP contribution in [0.5, 0.6) is 0 Å². The van der Waals surface area contributed by atoms with Crippen LogP contribution in [0.3, 0.4) is 0 Å². The quantitative estimate of drug-likeness (QED) is 0.636. The van der Waals surface area contributed by atoms with Gasteiger partial charge < -0.3 is 0 Å². The molecule has 0 unspecified atom stereocenters. The Morgan fingerprint density at radius 3 is 2.42 bits per heavy atom. The van der Waals surface area contributed by atoms with Gasteiger partial charge in [-0.1, -0.05) is 38.4 Å². The van der Waals surface area contributed by atoms with Gasteiger partial charge in [0.25, 0.3) is 5.91 Å². The molecule has 0 aliphatic heterocycles. The molecule has 0 aromatic heterocycles. The topological polar surface area (TPSA) is 78.8 Å². The molecule has 24 heavy (non-hydrogen) atoms. The van der Waals surface area contributed by atoms with Crippen molar-refractivity contribution in [2.45, 2.75) is 34.6 Å². The fourth-order valence-corrected chi connectivity index (χ4v) is 2.78. The molecule has 0 saturated carbocycles. The SMILES string of the molecule is C/C(=N/NC(=O)CN(c1cc(Cl)ccc1C)S(C)(=O)=O)C(C)(C)C. The predicted molar refractivity (Wildman–Crippen MR) is 99.1 cm³/mol. The van der Waals surface area contributed by atoms with Gasteiger partial charge in [-0.3, -0.25) is 9.10 Å². The molecule has 0 bridgehead atoms. The Bertz CT molecular complexity index is 752. The molecule has 1 aromatic rings. The summed E-state index contributed by atoms with van der Waals surface area (Å²) in [7, 11) is -3.65. The second kappa shape index (κ2) is 7.53. The molecule has 0 fully saturated rings. The highest BCUT2D eigenvalue weighted by Gasteiger charge is 2.23. The van der Waals surface area contributed by atoms with Crippen LogP contribution in [0.1, 0.15) is 33.3 Å². The van der Waals surface area contributed by atoms with E-state index in [-0.39, 0.29) is 12.0 Å². The molecule has 1 amide bonds. The number of nitrogens with zero attached hydrogens (tertiary/aromatic N) is 2. The molecular formula is C16H24ClN3O3S. The van der Waals surface area contributed by atoms with Gasteiger partial charge in [-0.25, -0.2) is 13.8 Å². The summed E-state index contributed by atoms with van der Waals surface area (Å²) in [6, 6.07) is 4.89. The van der Waals surface area contributed by atoms with Crippen molar-refractivity contribution in [3.63, 3.8) is 0 Å². The molecule has 0 aliphatic rings. The summed E-state index contributed by atoms with van der Waals surface area (Å²) in [5.41, 5.74) is 4.03. The first-order chi connectivity index (χ1) is 10.8. The minimum absolute atomic E-state index is 0.187. The lowest BCUT2D eigenvalue weighted by molar-refractivity contribution is -0.119. The smallest absolute Gasteiger partial charge is 0.260 e. The zero-order valence-electron chi connectivity index (χ0n) is 14.8. The number of amides is 1. The number of carbonyl (C=O) groups is 1. The molecule has 1 N–H and O–H groups in total. The largest absolute Gasteiger partial charge is 0.271 e. The average molecular weight is 374 g/mol. The highest BCUT2D eigenvalue weighted by Crippen LogP contribution is 2.26. The highest BCUT2D eigenvalue weighted by molar-refractivity contribution is 7.92. The van der Waals surface area contributed by atoms with E-state index in [1.165, 1.54) is 6.07 Å². The van der Waals surface area contributed by atoms with Crippen molar-refractivity contribution < 1.29 is 13.2 Å². The number of rotatable bonds is 5. The van der Waals surface area contributed by atoms with Crippen molar-refractivity contribution in [3.8, 4) is 0 Å².